The lowest BCUT2D eigenvalue weighted by Crippen LogP contribution is -2.49. The lowest BCUT2D eigenvalue weighted by atomic mass is 10.0. The van der Waals surface area contributed by atoms with Crippen LogP contribution in [0.4, 0.5) is 10.6 Å². The van der Waals surface area contributed by atoms with Gasteiger partial charge in [0.25, 0.3) is 0 Å². The van der Waals surface area contributed by atoms with E-state index in [0.717, 1.165) is 50.4 Å². The molecular weight excluding hydrogens is 266 g/mol. The minimum atomic E-state index is 0.0274. The van der Waals surface area contributed by atoms with Crippen LogP contribution in [0.15, 0.2) is 12.3 Å². The molecule has 0 bridgehead atoms. The number of piperidine rings is 1. The maximum atomic E-state index is 11.8. The molecule has 2 fully saturated rings. The molecule has 0 radical (unpaired) electrons. The van der Waals surface area contributed by atoms with Gasteiger partial charge in [0.2, 0.25) is 0 Å². The summed E-state index contributed by atoms with van der Waals surface area (Å²) >= 11 is 0. The smallest absolute Gasteiger partial charge is 0.317 e. The van der Waals surface area contributed by atoms with Gasteiger partial charge in [0, 0.05) is 32.4 Å². The van der Waals surface area contributed by atoms with Crippen LogP contribution in [0, 0.1) is 18.3 Å². The van der Waals surface area contributed by atoms with Crippen molar-refractivity contribution in [2.45, 2.75) is 25.8 Å². The van der Waals surface area contributed by atoms with Crippen LogP contribution >= 0.6 is 0 Å². The minimum Gasteiger partial charge on any atom is -0.353 e. The average Bonchev–Trinajstić information content (AvgIpc) is 2.93. The highest BCUT2D eigenvalue weighted by atomic mass is 16.2. The third kappa shape index (κ3) is 2.51. The van der Waals surface area contributed by atoms with E-state index in [0.29, 0.717) is 5.56 Å². The number of nitriles is 1. The maximum Gasteiger partial charge on any atom is 0.317 e. The molecule has 0 aromatic carbocycles. The predicted molar refractivity (Wildman–Crippen MR) is 79.0 cm³/mol. The van der Waals surface area contributed by atoms with Gasteiger partial charge < -0.3 is 15.1 Å². The van der Waals surface area contributed by atoms with Gasteiger partial charge in [-0.1, -0.05) is 0 Å². The molecule has 2 aliphatic heterocycles. The molecule has 6 heteroatoms. The number of urea groups is 1. The van der Waals surface area contributed by atoms with Gasteiger partial charge in [-0.2, -0.15) is 5.26 Å². The van der Waals surface area contributed by atoms with Crippen molar-refractivity contribution in [3.05, 3.63) is 23.4 Å². The zero-order valence-corrected chi connectivity index (χ0v) is 12.2. The van der Waals surface area contributed by atoms with Crippen molar-refractivity contribution >= 4 is 11.8 Å². The molecule has 0 spiro atoms. The highest BCUT2D eigenvalue weighted by Crippen LogP contribution is 2.25. The number of nitrogens with zero attached hydrogens (tertiary/aromatic N) is 4. The summed E-state index contributed by atoms with van der Waals surface area (Å²) in [7, 11) is 0. The van der Waals surface area contributed by atoms with Gasteiger partial charge in [0.05, 0.1) is 11.6 Å². The number of aryl methyl sites for hydroxylation is 1. The van der Waals surface area contributed by atoms with Gasteiger partial charge in [-0.3, -0.25) is 0 Å². The fourth-order valence-corrected chi connectivity index (χ4v) is 3.16. The number of carbonyl (C=O) groups is 1. The third-order valence-electron chi connectivity index (χ3n) is 4.28. The normalized spacial score (nSPS) is 22.1. The Kier molecular flexibility index (Phi) is 3.65. The summed E-state index contributed by atoms with van der Waals surface area (Å²) in [6.07, 6.45) is 3.77. The molecule has 6 nitrogen and oxygen atoms in total. The van der Waals surface area contributed by atoms with Crippen molar-refractivity contribution < 1.29 is 4.79 Å². The zero-order valence-electron chi connectivity index (χ0n) is 12.2. The highest BCUT2D eigenvalue weighted by molar-refractivity contribution is 5.76. The molecule has 2 aliphatic rings. The van der Waals surface area contributed by atoms with Crippen molar-refractivity contribution in [2.24, 2.45) is 0 Å². The zero-order chi connectivity index (χ0) is 14.8. The van der Waals surface area contributed by atoms with E-state index in [9.17, 15) is 10.1 Å². The molecule has 1 atom stereocenters. The molecule has 1 aromatic rings. The summed E-state index contributed by atoms with van der Waals surface area (Å²) in [5.41, 5.74) is 1.59. The molecule has 1 N–H and O–H groups in total. The van der Waals surface area contributed by atoms with E-state index in [-0.39, 0.29) is 12.1 Å². The first kappa shape index (κ1) is 13.7. The Morgan fingerprint density at radius 1 is 1.48 bits per heavy atom. The van der Waals surface area contributed by atoms with Crippen molar-refractivity contribution in [2.75, 3.05) is 31.1 Å². The number of carbonyl (C=O) groups excluding carboxylic acids is 1. The molecular formula is C15H19N5O. The molecule has 2 saturated heterocycles. The number of rotatable bonds is 2. The first-order valence-corrected chi connectivity index (χ1v) is 7.36. The Balaban J connectivity index is 1.82. The van der Waals surface area contributed by atoms with E-state index in [1.807, 2.05) is 17.9 Å². The minimum absolute atomic E-state index is 0.0274. The Bertz CT molecular complexity index is 594. The second-order valence-electron chi connectivity index (χ2n) is 5.61. The Labute approximate surface area is 124 Å². The molecule has 0 aliphatic carbocycles. The largest absolute Gasteiger partial charge is 0.353 e. The van der Waals surface area contributed by atoms with Crippen LogP contribution in [0.1, 0.15) is 24.0 Å². The van der Waals surface area contributed by atoms with E-state index >= 15 is 0 Å². The monoisotopic (exact) mass is 285 g/mol. The van der Waals surface area contributed by atoms with Crippen molar-refractivity contribution in [3.63, 3.8) is 0 Å². The van der Waals surface area contributed by atoms with Crippen LogP contribution in [-0.2, 0) is 0 Å². The number of nitrogens with one attached hydrogen (secondary N) is 1. The first-order valence-electron chi connectivity index (χ1n) is 7.36. The van der Waals surface area contributed by atoms with Gasteiger partial charge in [-0.25, -0.2) is 9.78 Å². The summed E-state index contributed by atoms with van der Waals surface area (Å²) in [6, 6.07) is 4.35. The molecule has 1 unspecified atom stereocenters. The van der Waals surface area contributed by atoms with E-state index < -0.39 is 0 Å². The molecule has 0 saturated carbocycles. The summed E-state index contributed by atoms with van der Waals surface area (Å²) in [5, 5.41) is 12.2. The number of pyridine rings is 1. The number of hydrogen-bond acceptors (Lipinski definition) is 4. The topological polar surface area (TPSA) is 72.3 Å². The lowest BCUT2D eigenvalue weighted by molar-refractivity contribution is 0.189. The quantitative estimate of drug-likeness (QED) is 0.888. The van der Waals surface area contributed by atoms with Crippen LogP contribution in [-0.4, -0.2) is 48.1 Å². The number of aromatic nitrogens is 1. The second kappa shape index (κ2) is 5.60. The summed E-state index contributed by atoms with van der Waals surface area (Å²) in [5.74, 6) is 0.752. The SMILES string of the molecule is Cc1ccnc(N2CCCC(N3CCNC3=O)C2)c1C#N. The van der Waals surface area contributed by atoms with Gasteiger partial charge in [-0.05, 0) is 31.4 Å². The second-order valence-corrected chi connectivity index (χ2v) is 5.61. The fourth-order valence-electron chi connectivity index (χ4n) is 3.16. The number of hydrogen-bond donors (Lipinski definition) is 1. The van der Waals surface area contributed by atoms with Gasteiger partial charge in [-0.15, -0.1) is 0 Å². The predicted octanol–water partition coefficient (Wildman–Crippen LogP) is 1.26. The van der Waals surface area contributed by atoms with Crippen LogP contribution < -0.4 is 10.2 Å². The number of anilines is 1. The van der Waals surface area contributed by atoms with Gasteiger partial charge in [0.15, 0.2) is 0 Å². The Morgan fingerprint density at radius 2 is 2.33 bits per heavy atom. The van der Waals surface area contributed by atoms with Crippen LogP contribution in [0.3, 0.4) is 0 Å². The maximum absolute atomic E-state index is 11.8. The van der Waals surface area contributed by atoms with E-state index in [4.69, 9.17) is 0 Å². The molecule has 1 aromatic heterocycles. The molecule has 110 valence electrons. The molecule has 3 heterocycles. The van der Waals surface area contributed by atoms with E-state index in [2.05, 4.69) is 21.3 Å². The Hall–Kier alpha value is -2.29. The van der Waals surface area contributed by atoms with Crippen molar-refractivity contribution in [1.82, 2.24) is 15.2 Å². The highest BCUT2D eigenvalue weighted by Gasteiger charge is 2.32. The van der Waals surface area contributed by atoms with Crippen molar-refractivity contribution in [3.8, 4) is 6.07 Å². The third-order valence-corrected chi connectivity index (χ3v) is 4.28. The van der Waals surface area contributed by atoms with E-state index in [1.165, 1.54) is 0 Å². The lowest BCUT2D eigenvalue weighted by Gasteiger charge is -2.38. The standard InChI is InChI=1S/C15H19N5O/c1-11-4-5-17-14(13(11)9-16)19-7-2-3-12(10-19)20-8-6-18-15(20)21/h4-5,12H,2-3,6-8,10H2,1H3,(H,18,21). The Morgan fingerprint density at radius 3 is 3.05 bits per heavy atom. The summed E-state index contributed by atoms with van der Waals surface area (Å²) in [4.78, 5) is 20.3. The summed E-state index contributed by atoms with van der Waals surface area (Å²) < 4.78 is 0. The number of amides is 2. The van der Waals surface area contributed by atoms with Gasteiger partial charge >= 0.3 is 6.03 Å². The van der Waals surface area contributed by atoms with Crippen molar-refractivity contribution in [1.29, 1.82) is 5.26 Å². The first-order chi connectivity index (χ1) is 10.2. The fraction of sp³-hybridized carbons (Fsp3) is 0.533. The van der Waals surface area contributed by atoms with Crippen LogP contribution in [0.5, 0.6) is 0 Å². The van der Waals surface area contributed by atoms with Crippen LogP contribution in [0.2, 0.25) is 0 Å². The summed E-state index contributed by atoms with van der Waals surface area (Å²) in [6.45, 7) is 5.06. The molecule has 3 rings (SSSR count). The van der Waals surface area contributed by atoms with Gasteiger partial charge in [0.1, 0.15) is 11.9 Å². The molecule has 21 heavy (non-hydrogen) atoms. The van der Waals surface area contributed by atoms with Crippen LogP contribution in [0.25, 0.3) is 0 Å². The molecule has 2 amide bonds. The van der Waals surface area contributed by atoms with E-state index in [1.54, 1.807) is 6.20 Å². The average molecular weight is 285 g/mol.